The molecule has 1 atom stereocenters. The first-order valence-electron chi connectivity index (χ1n) is 10.9. The molecule has 2 heterocycles. The molecule has 0 unspecified atom stereocenters. The van der Waals surface area contributed by atoms with Crippen LogP contribution in [0.3, 0.4) is 0 Å². The quantitative estimate of drug-likeness (QED) is 0.487. The average Bonchev–Trinajstić information content (AvgIpc) is 3.29. The van der Waals surface area contributed by atoms with Gasteiger partial charge in [-0.2, -0.15) is 0 Å². The number of para-hydroxylation sites is 2. The minimum atomic E-state index is -0.693. The Morgan fingerprint density at radius 2 is 1.91 bits per heavy atom. The van der Waals surface area contributed by atoms with Crippen molar-refractivity contribution in [1.29, 1.82) is 0 Å². The Kier molecular flexibility index (Phi) is 6.58. The van der Waals surface area contributed by atoms with Crippen LogP contribution in [-0.2, 0) is 29.6 Å². The Bertz CT molecular complexity index is 1170. The summed E-state index contributed by atoms with van der Waals surface area (Å²) in [6.45, 7) is 0.625. The molecule has 2 N–H and O–H groups in total. The zero-order valence-electron chi connectivity index (χ0n) is 18.7. The van der Waals surface area contributed by atoms with E-state index in [-0.39, 0.29) is 31.2 Å². The number of nitrogens with one attached hydrogen (secondary N) is 2. The summed E-state index contributed by atoms with van der Waals surface area (Å²) in [5, 5.41) is 5.55. The van der Waals surface area contributed by atoms with Gasteiger partial charge < -0.3 is 19.9 Å². The van der Waals surface area contributed by atoms with Gasteiger partial charge in [-0.15, -0.1) is 0 Å². The third-order valence-corrected chi connectivity index (χ3v) is 5.82. The molecule has 33 heavy (non-hydrogen) atoms. The molecular weight excluding hydrogens is 422 g/mol. The van der Waals surface area contributed by atoms with Gasteiger partial charge in [-0.1, -0.05) is 24.3 Å². The Morgan fingerprint density at radius 3 is 2.64 bits per heavy atom. The van der Waals surface area contributed by atoms with Crippen LogP contribution in [0.5, 0.6) is 5.75 Å². The lowest BCUT2D eigenvalue weighted by molar-refractivity contribution is -0.128. The van der Waals surface area contributed by atoms with Crippen molar-refractivity contribution in [3.63, 3.8) is 0 Å². The molecule has 172 valence electrons. The van der Waals surface area contributed by atoms with E-state index in [0.717, 1.165) is 22.4 Å². The largest absolute Gasteiger partial charge is 0.497 e. The van der Waals surface area contributed by atoms with E-state index < -0.39 is 12.1 Å². The third-order valence-electron chi connectivity index (χ3n) is 5.82. The molecule has 0 radical (unpaired) electrons. The molecule has 1 saturated heterocycles. The van der Waals surface area contributed by atoms with E-state index in [1.165, 1.54) is 4.90 Å². The highest BCUT2D eigenvalue weighted by atomic mass is 16.5. The number of aromatic nitrogens is 2. The van der Waals surface area contributed by atoms with Gasteiger partial charge >= 0.3 is 6.03 Å². The van der Waals surface area contributed by atoms with Crippen molar-refractivity contribution in [1.82, 2.24) is 25.1 Å². The summed E-state index contributed by atoms with van der Waals surface area (Å²) in [5.41, 5.74) is 2.80. The van der Waals surface area contributed by atoms with Crippen LogP contribution in [0.4, 0.5) is 4.79 Å². The van der Waals surface area contributed by atoms with E-state index in [1.54, 1.807) is 19.2 Å². The van der Waals surface area contributed by atoms with Gasteiger partial charge in [-0.3, -0.25) is 14.5 Å². The normalized spacial score (nSPS) is 15.7. The molecule has 9 nitrogen and oxygen atoms in total. The summed E-state index contributed by atoms with van der Waals surface area (Å²) in [6, 6.07) is 13.9. The van der Waals surface area contributed by atoms with Crippen molar-refractivity contribution in [2.24, 2.45) is 7.05 Å². The predicted octanol–water partition coefficient (Wildman–Crippen LogP) is 2.14. The molecule has 1 aliphatic heterocycles. The minimum Gasteiger partial charge on any atom is -0.497 e. The molecule has 0 saturated carbocycles. The van der Waals surface area contributed by atoms with Crippen LogP contribution in [0.15, 0.2) is 48.5 Å². The lowest BCUT2D eigenvalue weighted by atomic mass is 10.1. The molecule has 0 spiro atoms. The summed E-state index contributed by atoms with van der Waals surface area (Å²) in [4.78, 5) is 43.0. The minimum absolute atomic E-state index is 0.148. The fourth-order valence-corrected chi connectivity index (χ4v) is 3.93. The lowest BCUT2D eigenvalue weighted by Gasteiger charge is -2.13. The van der Waals surface area contributed by atoms with Crippen LogP contribution < -0.4 is 15.4 Å². The molecule has 1 fully saturated rings. The Labute approximate surface area is 191 Å². The van der Waals surface area contributed by atoms with Crippen LogP contribution in [0.2, 0.25) is 0 Å². The van der Waals surface area contributed by atoms with E-state index >= 15 is 0 Å². The summed E-state index contributed by atoms with van der Waals surface area (Å²) >= 11 is 0. The van der Waals surface area contributed by atoms with Gasteiger partial charge in [0, 0.05) is 26.4 Å². The number of hydrogen-bond acceptors (Lipinski definition) is 5. The summed E-state index contributed by atoms with van der Waals surface area (Å²) < 4.78 is 7.14. The monoisotopic (exact) mass is 449 g/mol. The highest BCUT2D eigenvalue weighted by Gasteiger charge is 2.37. The van der Waals surface area contributed by atoms with E-state index in [0.29, 0.717) is 18.7 Å². The van der Waals surface area contributed by atoms with Gasteiger partial charge in [0.25, 0.3) is 5.91 Å². The number of ether oxygens (including phenoxy) is 1. The third kappa shape index (κ3) is 4.97. The Hall–Kier alpha value is -3.88. The molecule has 2 aromatic carbocycles. The Balaban J connectivity index is 1.23. The van der Waals surface area contributed by atoms with Crippen LogP contribution in [0.1, 0.15) is 24.2 Å². The predicted molar refractivity (Wildman–Crippen MR) is 123 cm³/mol. The van der Waals surface area contributed by atoms with Crippen molar-refractivity contribution in [2.75, 3.05) is 13.7 Å². The van der Waals surface area contributed by atoms with Crippen molar-refractivity contribution >= 4 is 28.9 Å². The molecule has 4 rings (SSSR count). The van der Waals surface area contributed by atoms with Crippen LogP contribution in [0.25, 0.3) is 11.0 Å². The maximum Gasteiger partial charge on any atom is 0.325 e. The van der Waals surface area contributed by atoms with Gasteiger partial charge in [0.2, 0.25) is 5.91 Å². The number of carbonyl (C=O) groups is 3. The molecule has 4 amide bonds. The number of methoxy groups -OCH3 is 1. The van der Waals surface area contributed by atoms with Gasteiger partial charge in [0.05, 0.1) is 24.7 Å². The summed E-state index contributed by atoms with van der Waals surface area (Å²) in [6.07, 6.45) is 1.00. The number of imide groups is 1. The van der Waals surface area contributed by atoms with E-state index in [1.807, 2.05) is 48.0 Å². The molecule has 0 aliphatic carbocycles. The average molecular weight is 450 g/mol. The zero-order valence-corrected chi connectivity index (χ0v) is 18.7. The van der Waals surface area contributed by atoms with E-state index in [2.05, 4.69) is 15.6 Å². The van der Waals surface area contributed by atoms with Crippen LogP contribution in [0, 0.1) is 0 Å². The van der Waals surface area contributed by atoms with Gasteiger partial charge in [0.1, 0.15) is 17.6 Å². The molecule has 3 aromatic rings. The van der Waals surface area contributed by atoms with Gasteiger partial charge in [0.15, 0.2) is 0 Å². The number of carbonyl (C=O) groups excluding carboxylic acids is 3. The van der Waals surface area contributed by atoms with Gasteiger partial charge in [-0.25, -0.2) is 9.78 Å². The number of hydrogen-bond donors (Lipinski definition) is 2. The summed E-state index contributed by atoms with van der Waals surface area (Å²) in [7, 11) is 3.53. The number of rotatable bonds is 9. The standard InChI is InChI=1S/C24H27N5O4/c1-28-20-6-4-3-5-18(20)26-21(28)13-14-25-22(30)12-11-19-23(31)29(24(32)27-19)15-16-7-9-17(33-2)10-8-16/h3-10,19H,11-15H2,1-2H3,(H,25,30)(H,27,32)/t19-/m0/s1. The maximum absolute atomic E-state index is 12.7. The molecule has 1 aliphatic rings. The van der Waals surface area contributed by atoms with Crippen LogP contribution >= 0.6 is 0 Å². The van der Waals surface area contributed by atoms with Crippen molar-refractivity contribution < 1.29 is 19.1 Å². The fraction of sp³-hybridized carbons (Fsp3) is 0.333. The van der Waals surface area contributed by atoms with Gasteiger partial charge in [-0.05, 0) is 36.2 Å². The van der Waals surface area contributed by atoms with Crippen molar-refractivity contribution in [3.05, 3.63) is 59.9 Å². The second-order valence-electron chi connectivity index (χ2n) is 7.99. The van der Waals surface area contributed by atoms with Crippen molar-refractivity contribution in [3.8, 4) is 5.75 Å². The first-order chi connectivity index (χ1) is 16.0. The molecule has 9 heteroatoms. The first-order valence-corrected chi connectivity index (χ1v) is 10.9. The van der Waals surface area contributed by atoms with Crippen molar-refractivity contribution in [2.45, 2.75) is 31.8 Å². The SMILES string of the molecule is COc1ccc(CN2C(=O)N[C@@H](CCC(=O)NCCc3nc4ccccc4n3C)C2=O)cc1. The number of fused-ring (bicyclic) bond motifs is 1. The molecule has 1 aromatic heterocycles. The van der Waals surface area contributed by atoms with E-state index in [9.17, 15) is 14.4 Å². The topological polar surface area (TPSA) is 106 Å². The second-order valence-corrected chi connectivity index (χ2v) is 7.99. The smallest absolute Gasteiger partial charge is 0.325 e. The number of nitrogens with zero attached hydrogens (tertiary/aromatic N) is 3. The van der Waals surface area contributed by atoms with Crippen LogP contribution in [-0.4, -0.2) is 52.0 Å². The lowest BCUT2D eigenvalue weighted by Crippen LogP contribution is -2.33. The number of urea groups is 1. The first kappa shape index (κ1) is 22.3. The molecule has 0 bridgehead atoms. The summed E-state index contributed by atoms with van der Waals surface area (Å²) in [5.74, 6) is 1.12. The highest BCUT2D eigenvalue weighted by molar-refractivity contribution is 6.04. The highest BCUT2D eigenvalue weighted by Crippen LogP contribution is 2.18. The maximum atomic E-state index is 12.7. The number of benzene rings is 2. The number of aryl methyl sites for hydroxylation is 1. The number of amides is 4. The fourth-order valence-electron chi connectivity index (χ4n) is 3.93. The molecular formula is C24H27N5O4. The number of imidazole rings is 1. The zero-order chi connectivity index (χ0) is 23.4. The Morgan fingerprint density at radius 1 is 1.15 bits per heavy atom. The van der Waals surface area contributed by atoms with E-state index in [4.69, 9.17) is 4.74 Å². The second kappa shape index (κ2) is 9.72.